The second kappa shape index (κ2) is 8.09. The van der Waals surface area contributed by atoms with E-state index in [1.54, 1.807) is 18.2 Å². The highest BCUT2D eigenvalue weighted by Crippen LogP contribution is 2.30. The van der Waals surface area contributed by atoms with Gasteiger partial charge in [-0.1, -0.05) is 36.9 Å². The normalized spacial score (nSPS) is 12.9. The van der Waals surface area contributed by atoms with Gasteiger partial charge >= 0.3 is 17.9 Å². The molecule has 0 radical (unpaired) electrons. The van der Waals surface area contributed by atoms with Gasteiger partial charge in [0.05, 0.1) is 13.0 Å². The molecule has 0 amide bonds. The van der Waals surface area contributed by atoms with Crippen molar-refractivity contribution in [3.8, 4) is 0 Å². The molecule has 7 heteroatoms. The lowest BCUT2D eigenvalue weighted by Gasteiger charge is -2.28. The summed E-state index contributed by atoms with van der Waals surface area (Å²) in [4.78, 5) is 34.0. The van der Waals surface area contributed by atoms with E-state index in [-0.39, 0.29) is 24.4 Å². The molecule has 0 aliphatic rings. The minimum absolute atomic E-state index is 0.195. The third kappa shape index (κ3) is 4.93. The van der Waals surface area contributed by atoms with Crippen molar-refractivity contribution in [1.82, 2.24) is 0 Å². The number of rotatable bonds is 9. The highest BCUT2D eigenvalue weighted by Gasteiger charge is 2.44. The summed E-state index contributed by atoms with van der Waals surface area (Å²) in [5.41, 5.74) is -1.66. The number of esters is 1. The van der Waals surface area contributed by atoms with E-state index in [0.29, 0.717) is 0 Å². The molecule has 124 valence electrons. The maximum Gasteiger partial charge on any atom is 0.341 e. The second-order valence-corrected chi connectivity index (χ2v) is 4.83. The van der Waals surface area contributed by atoms with Crippen molar-refractivity contribution < 1.29 is 34.1 Å². The molecule has 0 aromatic heterocycles. The van der Waals surface area contributed by atoms with Gasteiger partial charge in [0, 0.05) is 5.57 Å². The summed E-state index contributed by atoms with van der Waals surface area (Å²) in [5, 5.41) is 18.5. The molecule has 2 N–H and O–H groups in total. The molecule has 1 aromatic carbocycles. The summed E-state index contributed by atoms with van der Waals surface area (Å²) in [6.07, 6.45) is -0.763. The van der Waals surface area contributed by atoms with Gasteiger partial charge in [0.1, 0.15) is 6.61 Å². The number of carboxylic acids is 2. The Balaban J connectivity index is 2.91. The van der Waals surface area contributed by atoms with E-state index in [1.807, 2.05) is 0 Å². The molecule has 7 nitrogen and oxygen atoms in total. The molecule has 0 heterocycles. The SMILES string of the molecule is C=C(C)C(=O)OCCOC(CC(=O)O)(C(=O)O)c1ccccc1. The lowest BCUT2D eigenvalue weighted by Crippen LogP contribution is -2.41. The maximum atomic E-state index is 11.7. The Hall–Kier alpha value is -2.67. The molecule has 23 heavy (non-hydrogen) atoms. The molecular weight excluding hydrogens is 304 g/mol. The first-order valence-electron chi connectivity index (χ1n) is 6.77. The van der Waals surface area contributed by atoms with E-state index in [4.69, 9.17) is 14.6 Å². The van der Waals surface area contributed by atoms with Crippen LogP contribution in [0.15, 0.2) is 42.5 Å². The zero-order valence-corrected chi connectivity index (χ0v) is 12.7. The van der Waals surface area contributed by atoms with Crippen LogP contribution < -0.4 is 0 Å². The van der Waals surface area contributed by atoms with Gasteiger partial charge in [0.2, 0.25) is 5.60 Å². The van der Waals surface area contributed by atoms with Gasteiger partial charge in [-0.05, 0) is 12.5 Å². The third-order valence-corrected chi connectivity index (χ3v) is 3.00. The van der Waals surface area contributed by atoms with Crippen LogP contribution in [0, 0.1) is 0 Å². The van der Waals surface area contributed by atoms with Crippen LogP contribution in [0.2, 0.25) is 0 Å². The van der Waals surface area contributed by atoms with E-state index in [9.17, 15) is 19.5 Å². The number of benzene rings is 1. The van der Waals surface area contributed by atoms with Gasteiger partial charge in [-0.25, -0.2) is 9.59 Å². The molecule has 0 spiro atoms. The minimum Gasteiger partial charge on any atom is -0.481 e. The summed E-state index contributed by atoms with van der Waals surface area (Å²) in [7, 11) is 0. The van der Waals surface area contributed by atoms with Crippen LogP contribution in [-0.2, 0) is 29.5 Å². The van der Waals surface area contributed by atoms with Crippen molar-refractivity contribution >= 4 is 17.9 Å². The van der Waals surface area contributed by atoms with Crippen LogP contribution in [0.4, 0.5) is 0 Å². The lowest BCUT2D eigenvalue weighted by atomic mass is 9.90. The van der Waals surface area contributed by atoms with Crippen molar-refractivity contribution in [3.63, 3.8) is 0 Å². The summed E-state index contributed by atoms with van der Waals surface area (Å²) in [6, 6.07) is 7.78. The number of carbonyl (C=O) groups excluding carboxylic acids is 1. The summed E-state index contributed by atoms with van der Waals surface area (Å²) in [5.74, 6) is -3.39. The molecule has 1 aromatic rings. The smallest absolute Gasteiger partial charge is 0.341 e. The van der Waals surface area contributed by atoms with Crippen LogP contribution in [0.3, 0.4) is 0 Å². The zero-order valence-electron chi connectivity index (χ0n) is 12.7. The molecule has 0 aliphatic carbocycles. The molecule has 0 fully saturated rings. The van der Waals surface area contributed by atoms with E-state index in [2.05, 4.69) is 6.58 Å². The largest absolute Gasteiger partial charge is 0.481 e. The van der Waals surface area contributed by atoms with Crippen molar-refractivity contribution in [3.05, 3.63) is 48.0 Å². The first-order chi connectivity index (χ1) is 10.8. The van der Waals surface area contributed by atoms with Gasteiger partial charge in [-0.3, -0.25) is 4.79 Å². The summed E-state index contributed by atoms with van der Waals surface area (Å²) < 4.78 is 10.1. The third-order valence-electron chi connectivity index (χ3n) is 3.00. The Morgan fingerprint density at radius 1 is 1.13 bits per heavy atom. The highest BCUT2D eigenvalue weighted by atomic mass is 16.6. The van der Waals surface area contributed by atoms with E-state index in [0.717, 1.165) is 0 Å². The average Bonchev–Trinajstić information content (AvgIpc) is 2.50. The highest BCUT2D eigenvalue weighted by molar-refractivity contribution is 5.87. The Morgan fingerprint density at radius 3 is 2.22 bits per heavy atom. The topological polar surface area (TPSA) is 110 Å². The van der Waals surface area contributed by atoms with E-state index in [1.165, 1.54) is 19.1 Å². The molecule has 1 unspecified atom stereocenters. The Labute approximate surface area is 133 Å². The fourth-order valence-corrected chi connectivity index (χ4v) is 1.89. The molecular formula is C16H18O7. The van der Waals surface area contributed by atoms with Gasteiger partial charge in [-0.2, -0.15) is 0 Å². The Morgan fingerprint density at radius 2 is 1.74 bits per heavy atom. The molecule has 0 bridgehead atoms. The van der Waals surface area contributed by atoms with Crippen molar-refractivity contribution in [1.29, 1.82) is 0 Å². The van der Waals surface area contributed by atoms with Crippen molar-refractivity contribution in [2.45, 2.75) is 18.9 Å². The predicted molar refractivity (Wildman–Crippen MR) is 79.7 cm³/mol. The van der Waals surface area contributed by atoms with Crippen molar-refractivity contribution in [2.24, 2.45) is 0 Å². The molecule has 0 saturated carbocycles. The molecule has 0 saturated heterocycles. The van der Waals surface area contributed by atoms with Crippen LogP contribution in [0.25, 0.3) is 0 Å². The van der Waals surface area contributed by atoms with Gasteiger partial charge < -0.3 is 19.7 Å². The van der Waals surface area contributed by atoms with Crippen LogP contribution >= 0.6 is 0 Å². The second-order valence-electron chi connectivity index (χ2n) is 4.83. The van der Waals surface area contributed by atoms with Crippen LogP contribution in [-0.4, -0.2) is 41.3 Å². The quantitative estimate of drug-likeness (QED) is 0.403. The van der Waals surface area contributed by atoms with Crippen LogP contribution in [0.1, 0.15) is 18.9 Å². The summed E-state index contributed by atoms with van der Waals surface area (Å²) >= 11 is 0. The fourth-order valence-electron chi connectivity index (χ4n) is 1.89. The number of carboxylic acid groups (broad SMARTS) is 2. The number of ether oxygens (including phenoxy) is 2. The fraction of sp³-hybridized carbons (Fsp3) is 0.312. The lowest BCUT2D eigenvalue weighted by molar-refractivity contribution is -0.177. The monoisotopic (exact) mass is 322 g/mol. The Bertz CT molecular complexity index is 594. The molecule has 1 atom stereocenters. The number of hydrogen-bond acceptors (Lipinski definition) is 5. The number of aliphatic carboxylic acids is 2. The van der Waals surface area contributed by atoms with E-state index >= 15 is 0 Å². The standard InChI is InChI=1S/C16H18O7/c1-11(2)14(19)22-8-9-23-16(15(20)21,10-13(17)18)12-6-4-3-5-7-12/h3-7H,1,8-10H2,2H3,(H,17,18)(H,20,21). The number of hydrogen-bond donors (Lipinski definition) is 2. The van der Waals surface area contributed by atoms with E-state index < -0.39 is 29.9 Å². The zero-order chi connectivity index (χ0) is 17.5. The van der Waals surface area contributed by atoms with Gasteiger partial charge in [0.15, 0.2) is 0 Å². The minimum atomic E-state index is -2.05. The first kappa shape index (κ1) is 18.4. The van der Waals surface area contributed by atoms with Gasteiger partial charge in [-0.15, -0.1) is 0 Å². The first-order valence-corrected chi connectivity index (χ1v) is 6.77. The Kier molecular flexibility index (Phi) is 6.47. The summed E-state index contributed by atoms with van der Waals surface area (Å²) in [6.45, 7) is 4.40. The predicted octanol–water partition coefficient (Wildman–Crippen LogP) is 1.58. The maximum absolute atomic E-state index is 11.7. The molecule has 1 rings (SSSR count). The number of carbonyl (C=O) groups is 3. The van der Waals surface area contributed by atoms with Crippen LogP contribution in [0.5, 0.6) is 0 Å². The van der Waals surface area contributed by atoms with Gasteiger partial charge in [0.25, 0.3) is 0 Å². The average molecular weight is 322 g/mol. The van der Waals surface area contributed by atoms with Crippen molar-refractivity contribution in [2.75, 3.05) is 13.2 Å². The molecule has 0 aliphatic heterocycles.